The van der Waals surface area contributed by atoms with Gasteiger partial charge in [0.25, 0.3) is 5.91 Å². The summed E-state index contributed by atoms with van der Waals surface area (Å²) < 4.78 is 0. The standard InChI is InChI=1S/C19H30N4O2/c1-13-21-19(17(24)22(13)2)9-8-15-11-23(12-16(15)19)18(25)20-10-14-6-4-3-5-7-14/h14-16H,3-12H2,1-2H3,(H,20,25)/t15-,16+,19-/m1/s1. The molecule has 0 unspecified atom stereocenters. The van der Waals surface area contributed by atoms with E-state index in [1.807, 2.05) is 18.9 Å². The van der Waals surface area contributed by atoms with Crippen molar-refractivity contribution in [3.8, 4) is 0 Å². The molecule has 0 aromatic rings. The Morgan fingerprint density at radius 1 is 1.24 bits per heavy atom. The molecule has 6 nitrogen and oxygen atoms in total. The first-order valence-corrected chi connectivity index (χ1v) is 9.88. The Morgan fingerprint density at radius 2 is 2.00 bits per heavy atom. The Morgan fingerprint density at radius 3 is 2.68 bits per heavy atom. The number of hydrogen-bond acceptors (Lipinski definition) is 3. The molecule has 3 amide bonds. The van der Waals surface area contributed by atoms with Gasteiger partial charge in [0, 0.05) is 32.6 Å². The number of carbonyl (C=O) groups excluding carboxylic acids is 2. The van der Waals surface area contributed by atoms with Crippen molar-refractivity contribution in [2.75, 3.05) is 26.7 Å². The number of amidine groups is 1. The number of likely N-dealkylation sites (tertiary alicyclic amines) is 1. The Balaban J connectivity index is 1.38. The minimum absolute atomic E-state index is 0.0506. The second-order valence-corrected chi connectivity index (χ2v) is 8.45. The van der Waals surface area contributed by atoms with Gasteiger partial charge >= 0.3 is 6.03 Å². The van der Waals surface area contributed by atoms with Crippen molar-refractivity contribution in [1.29, 1.82) is 0 Å². The van der Waals surface area contributed by atoms with E-state index in [1.165, 1.54) is 32.1 Å². The van der Waals surface area contributed by atoms with Crippen molar-refractivity contribution in [2.24, 2.45) is 22.7 Å². The maximum absolute atomic E-state index is 12.8. The fourth-order valence-corrected chi connectivity index (χ4v) is 5.45. The molecule has 3 atom stereocenters. The molecule has 1 saturated heterocycles. The fourth-order valence-electron chi connectivity index (χ4n) is 5.45. The van der Waals surface area contributed by atoms with E-state index in [0.717, 1.165) is 31.8 Å². The van der Waals surface area contributed by atoms with E-state index in [2.05, 4.69) is 5.32 Å². The van der Waals surface area contributed by atoms with Crippen LogP contribution in [0.3, 0.4) is 0 Å². The molecule has 25 heavy (non-hydrogen) atoms. The summed E-state index contributed by atoms with van der Waals surface area (Å²) in [5.74, 6) is 2.17. The molecule has 2 aliphatic heterocycles. The summed E-state index contributed by atoms with van der Waals surface area (Å²) in [4.78, 5) is 33.8. The number of likely N-dealkylation sites (N-methyl/N-ethyl adjacent to an activating group) is 1. The number of nitrogens with one attached hydrogen (secondary N) is 1. The van der Waals surface area contributed by atoms with Crippen LogP contribution in [0.25, 0.3) is 0 Å². The smallest absolute Gasteiger partial charge is 0.317 e. The molecule has 2 aliphatic carbocycles. The van der Waals surface area contributed by atoms with Gasteiger partial charge in [-0.05, 0) is 44.4 Å². The van der Waals surface area contributed by atoms with Crippen LogP contribution < -0.4 is 5.32 Å². The normalized spacial score (nSPS) is 35.4. The van der Waals surface area contributed by atoms with Crippen LogP contribution in [0.15, 0.2) is 4.99 Å². The minimum atomic E-state index is -0.595. The van der Waals surface area contributed by atoms with Gasteiger partial charge in [-0.25, -0.2) is 4.79 Å². The van der Waals surface area contributed by atoms with E-state index < -0.39 is 5.54 Å². The van der Waals surface area contributed by atoms with Crippen LogP contribution in [0, 0.1) is 17.8 Å². The number of carbonyl (C=O) groups is 2. The predicted octanol–water partition coefficient (Wildman–Crippen LogP) is 2.25. The van der Waals surface area contributed by atoms with Gasteiger partial charge in [0.1, 0.15) is 11.4 Å². The largest absolute Gasteiger partial charge is 0.338 e. The van der Waals surface area contributed by atoms with Gasteiger partial charge in [-0.3, -0.25) is 9.79 Å². The van der Waals surface area contributed by atoms with Crippen LogP contribution in [0.2, 0.25) is 0 Å². The minimum Gasteiger partial charge on any atom is -0.338 e. The highest BCUT2D eigenvalue weighted by molar-refractivity contribution is 6.07. The van der Waals surface area contributed by atoms with Crippen LogP contribution in [0.1, 0.15) is 51.9 Å². The first-order valence-electron chi connectivity index (χ1n) is 9.88. The van der Waals surface area contributed by atoms with Crippen molar-refractivity contribution < 1.29 is 9.59 Å². The number of nitrogens with zero attached hydrogens (tertiary/aromatic N) is 3. The molecule has 1 spiro atoms. The molecular formula is C19H30N4O2. The predicted molar refractivity (Wildman–Crippen MR) is 96.4 cm³/mol. The number of aliphatic imine (C=N–C) groups is 1. The monoisotopic (exact) mass is 346 g/mol. The van der Waals surface area contributed by atoms with E-state index in [1.54, 1.807) is 4.90 Å². The lowest BCUT2D eigenvalue weighted by Gasteiger charge is -2.27. The summed E-state index contributed by atoms with van der Waals surface area (Å²) in [5.41, 5.74) is -0.595. The molecule has 6 heteroatoms. The highest BCUT2D eigenvalue weighted by atomic mass is 16.2. The Labute approximate surface area is 150 Å². The summed E-state index contributed by atoms with van der Waals surface area (Å²) in [5, 5.41) is 3.15. The maximum atomic E-state index is 12.8. The van der Waals surface area contributed by atoms with Gasteiger partial charge in [-0.15, -0.1) is 0 Å². The Hall–Kier alpha value is -1.59. The van der Waals surface area contributed by atoms with Gasteiger partial charge in [-0.1, -0.05) is 19.3 Å². The lowest BCUT2D eigenvalue weighted by molar-refractivity contribution is -0.131. The molecule has 2 saturated carbocycles. The number of hydrogen-bond donors (Lipinski definition) is 1. The quantitative estimate of drug-likeness (QED) is 0.833. The molecule has 0 bridgehead atoms. The second-order valence-electron chi connectivity index (χ2n) is 8.45. The highest BCUT2D eigenvalue weighted by Crippen LogP contribution is 2.50. The molecule has 0 radical (unpaired) electrons. The van der Waals surface area contributed by atoms with Crippen LogP contribution in [-0.2, 0) is 4.79 Å². The molecule has 0 aromatic carbocycles. The molecule has 1 N–H and O–H groups in total. The van der Waals surface area contributed by atoms with Gasteiger partial charge in [-0.2, -0.15) is 0 Å². The van der Waals surface area contributed by atoms with E-state index in [-0.39, 0.29) is 17.9 Å². The summed E-state index contributed by atoms with van der Waals surface area (Å²) in [7, 11) is 1.81. The zero-order valence-corrected chi connectivity index (χ0v) is 15.5. The van der Waals surface area contributed by atoms with Crippen LogP contribution >= 0.6 is 0 Å². The van der Waals surface area contributed by atoms with Crippen molar-refractivity contribution >= 4 is 17.8 Å². The molecule has 138 valence electrons. The first-order chi connectivity index (χ1) is 12.0. The molecule has 3 fully saturated rings. The van der Waals surface area contributed by atoms with Crippen molar-refractivity contribution in [2.45, 2.75) is 57.4 Å². The second kappa shape index (κ2) is 6.29. The number of amides is 3. The summed E-state index contributed by atoms with van der Waals surface area (Å²) >= 11 is 0. The van der Waals surface area contributed by atoms with Gasteiger partial charge in [0.05, 0.1) is 0 Å². The van der Waals surface area contributed by atoms with Gasteiger partial charge in [0.2, 0.25) is 0 Å². The van der Waals surface area contributed by atoms with E-state index in [9.17, 15) is 9.59 Å². The summed E-state index contributed by atoms with van der Waals surface area (Å²) in [6.45, 7) is 4.14. The van der Waals surface area contributed by atoms with Gasteiger partial charge in [0.15, 0.2) is 0 Å². The van der Waals surface area contributed by atoms with Crippen molar-refractivity contribution in [3.05, 3.63) is 0 Å². The van der Waals surface area contributed by atoms with Crippen molar-refractivity contribution in [1.82, 2.24) is 15.1 Å². The molecular weight excluding hydrogens is 316 g/mol. The number of rotatable bonds is 2. The average Bonchev–Trinajstić information content (AvgIpc) is 3.25. The first kappa shape index (κ1) is 16.9. The summed E-state index contributed by atoms with van der Waals surface area (Å²) in [6.07, 6.45) is 8.24. The van der Waals surface area contributed by atoms with Crippen molar-refractivity contribution in [3.63, 3.8) is 0 Å². The Kier molecular flexibility index (Phi) is 4.24. The topological polar surface area (TPSA) is 65.0 Å². The average molecular weight is 346 g/mol. The molecule has 2 heterocycles. The number of urea groups is 1. The van der Waals surface area contributed by atoms with Crippen LogP contribution in [0.4, 0.5) is 4.79 Å². The van der Waals surface area contributed by atoms with E-state index >= 15 is 0 Å². The van der Waals surface area contributed by atoms with Crippen LogP contribution in [-0.4, -0.2) is 59.8 Å². The van der Waals surface area contributed by atoms with E-state index in [4.69, 9.17) is 4.99 Å². The molecule has 4 aliphatic rings. The third-order valence-corrected chi connectivity index (χ3v) is 7.03. The number of fused-ring (bicyclic) bond motifs is 2. The third-order valence-electron chi connectivity index (χ3n) is 7.03. The molecule has 0 aromatic heterocycles. The lowest BCUT2D eigenvalue weighted by Crippen LogP contribution is -2.47. The third kappa shape index (κ3) is 2.74. The maximum Gasteiger partial charge on any atom is 0.317 e. The zero-order chi connectivity index (χ0) is 17.6. The summed E-state index contributed by atoms with van der Waals surface area (Å²) in [6, 6.07) is 0.0506. The fraction of sp³-hybridized carbons (Fsp3) is 0.842. The molecule has 4 rings (SSSR count). The highest BCUT2D eigenvalue weighted by Gasteiger charge is 2.60. The van der Waals surface area contributed by atoms with Crippen LogP contribution in [0.5, 0.6) is 0 Å². The van der Waals surface area contributed by atoms with E-state index in [0.29, 0.717) is 18.4 Å². The SMILES string of the molecule is CC1=N[C@@]2(CC[C@@H]3CN(C(=O)NCC4CCCCC4)C[C@@H]32)C(=O)N1C. The lowest BCUT2D eigenvalue weighted by atomic mass is 9.85. The zero-order valence-electron chi connectivity index (χ0n) is 15.5. The Bertz CT molecular complexity index is 598. The van der Waals surface area contributed by atoms with Gasteiger partial charge < -0.3 is 15.1 Å².